The van der Waals surface area contributed by atoms with E-state index in [-0.39, 0.29) is 5.91 Å². The van der Waals surface area contributed by atoms with E-state index in [1.807, 2.05) is 24.3 Å². The number of benzene rings is 2. The van der Waals surface area contributed by atoms with E-state index < -0.39 is 0 Å². The Hall–Kier alpha value is -2.51. The SMILES string of the molecule is COc1ccc(N2C(=O)/C(=C/c3ccc(OC)c(OC)c3)SC2=S)cc1. The lowest BCUT2D eigenvalue weighted by Crippen LogP contribution is -2.27. The van der Waals surface area contributed by atoms with Crippen LogP contribution in [-0.2, 0) is 4.79 Å². The Morgan fingerprint density at radius 2 is 1.65 bits per heavy atom. The number of ether oxygens (including phenoxy) is 3. The molecule has 1 fully saturated rings. The molecule has 0 atom stereocenters. The maximum atomic E-state index is 12.8. The van der Waals surface area contributed by atoms with Crippen LogP contribution >= 0.6 is 24.0 Å². The van der Waals surface area contributed by atoms with Crippen LogP contribution in [-0.4, -0.2) is 31.6 Å². The highest BCUT2D eigenvalue weighted by Gasteiger charge is 2.33. The lowest BCUT2D eigenvalue weighted by Gasteiger charge is -2.14. The number of hydrogen-bond donors (Lipinski definition) is 0. The molecule has 1 saturated heterocycles. The first-order valence-corrected chi connectivity index (χ1v) is 8.94. The van der Waals surface area contributed by atoms with Gasteiger partial charge in [0.05, 0.1) is 31.9 Å². The van der Waals surface area contributed by atoms with Crippen LogP contribution in [0.2, 0.25) is 0 Å². The van der Waals surface area contributed by atoms with Crippen LogP contribution in [0.5, 0.6) is 17.2 Å². The Kier molecular flexibility index (Phi) is 5.49. The molecule has 1 amide bonds. The Morgan fingerprint density at radius 3 is 2.27 bits per heavy atom. The summed E-state index contributed by atoms with van der Waals surface area (Å²) in [6.07, 6.45) is 1.80. The first-order chi connectivity index (χ1) is 12.6. The molecular weight excluding hydrogens is 370 g/mol. The first kappa shape index (κ1) is 18.3. The molecule has 0 aliphatic carbocycles. The average Bonchev–Trinajstić information content (AvgIpc) is 2.95. The summed E-state index contributed by atoms with van der Waals surface area (Å²) in [7, 11) is 4.75. The molecular formula is C19H17NO4S2. The third-order valence-electron chi connectivity index (χ3n) is 3.83. The maximum Gasteiger partial charge on any atom is 0.270 e. The second kappa shape index (κ2) is 7.80. The van der Waals surface area contributed by atoms with Crippen molar-refractivity contribution in [3.05, 3.63) is 52.9 Å². The monoisotopic (exact) mass is 387 g/mol. The quantitative estimate of drug-likeness (QED) is 0.568. The minimum Gasteiger partial charge on any atom is -0.497 e. The van der Waals surface area contributed by atoms with Crippen molar-refractivity contribution >= 4 is 46.0 Å². The van der Waals surface area contributed by atoms with Crippen LogP contribution in [0, 0.1) is 0 Å². The highest BCUT2D eigenvalue weighted by atomic mass is 32.2. The van der Waals surface area contributed by atoms with Crippen molar-refractivity contribution in [3.8, 4) is 17.2 Å². The van der Waals surface area contributed by atoms with Gasteiger partial charge in [-0.2, -0.15) is 0 Å². The van der Waals surface area contributed by atoms with Gasteiger partial charge in [-0.25, -0.2) is 0 Å². The van der Waals surface area contributed by atoms with E-state index in [9.17, 15) is 4.79 Å². The van der Waals surface area contributed by atoms with Crippen LogP contribution in [0.4, 0.5) is 5.69 Å². The molecule has 26 heavy (non-hydrogen) atoms. The molecule has 134 valence electrons. The third kappa shape index (κ3) is 3.54. The van der Waals surface area contributed by atoms with Crippen molar-refractivity contribution < 1.29 is 19.0 Å². The molecule has 1 aliphatic heterocycles. The van der Waals surface area contributed by atoms with Gasteiger partial charge in [0, 0.05) is 0 Å². The molecule has 0 unspecified atom stereocenters. The van der Waals surface area contributed by atoms with Crippen LogP contribution in [0.25, 0.3) is 6.08 Å². The Labute approximate surface area is 161 Å². The largest absolute Gasteiger partial charge is 0.497 e. The van der Waals surface area contributed by atoms with Gasteiger partial charge in [0.1, 0.15) is 5.75 Å². The lowest BCUT2D eigenvalue weighted by atomic mass is 10.2. The molecule has 0 bridgehead atoms. The first-order valence-electron chi connectivity index (χ1n) is 7.71. The molecule has 0 aromatic heterocycles. The molecule has 1 heterocycles. The van der Waals surface area contributed by atoms with Gasteiger partial charge in [-0.05, 0) is 48.0 Å². The summed E-state index contributed by atoms with van der Waals surface area (Å²) < 4.78 is 16.2. The van der Waals surface area contributed by atoms with Gasteiger partial charge in [-0.1, -0.05) is 30.0 Å². The smallest absolute Gasteiger partial charge is 0.270 e. The second-order valence-corrected chi connectivity index (χ2v) is 7.01. The van der Waals surface area contributed by atoms with Gasteiger partial charge < -0.3 is 14.2 Å². The highest BCUT2D eigenvalue weighted by molar-refractivity contribution is 8.27. The fraction of sp³-hybridized carbons (Fsp3) is 0.158. The number of rotatable bonds is 5. The van der Waals surface area contributed by atoms with Crippen molar-refractivity contribution in [1.29, 1.82) is 0 Å². The predicted octanol–water partition coefficient (Wildman–Crippen LogP) is 4.12. The number of thiocarbonyl (C=S) groups is 1. The number of carbonyl (C=O) groups excluding carboxylic acids is 1. The third-order valence-corrected chi connectivity index (χ3v) is 5.13. The molecule has 3 rings (SSSR count). The van der Waals surface area contributed by atoms with Gasteiger partial charge >= 0.3 is 0 Å². The number of amides is 1. The van der Waals surface area contributed by atoms with Gasteiger partial charge in [-0.15, -0.1) is 0 Å². The van der Waals surface area contributed by atoms with E-state index in [0.717, 1.165) is 11.3 Å². The zero-order chi connectivity index (χ0) is 18.7. The normalized spacial score (nSPS) is 15.5. The van der Waals surface area contributed by atoms with Crippen molar-refractivity contribution in [2.45, 2.75) is 0 Å². The number of nitrogens with zero attached hydrogens (tertiary/aromatic N) is 1. The molecule has 7 heteroatoms. The predicted molar refractivity (Wildman–Crippen MR) is 108 cm³/mol. The molecule has 0 N–H and O–H groups in total. The van der Waals surface area contributed by atoms with E-state index in [2.05, 4.69) is 0 Å². The highest BCUT2D eigenvalue weighted by Crippen LogP contribution is 2.37. The van der Waals surface area contributed by atoms with Crippen molar-refractivity contribution in [1.82, 2.24) is 0 Å². The summed E-state index contributed by atoms with van der Waals surface area (Å²) in [6, 6.07) is 12.7. The standard InChI is InChI=1S/C19H17NO4S2/c1-22-14-7-5-13(6-8-14)20-18(21)17(26-19(20)25)11-12-4-9-15(23-2)16(10-12)24-3/h4-11H,1-3H3/b17-11-. The average molecular weight is 387 g/mol. The van der Waals surface area contributed by atoms with Gasteiger partial charge in [0.25, 0.3) is 5.91 Å². The van der Waals surface area contributed by atoms with E-state index in [1.54, 1.807) is 45.6 Å². The summed E-state index contributed by atoms with van der Waals surface area (Å²) in [5, 5.41) is 0. The second-order valence-electron chi connectivity index (χ2n) is 5.33. The van der Waals surface area contributed by atoms with Crippen molar-refractivity contribution in [3.63, 3.8) is 0 Å². The Balaban J connectivity index is 1.89. The molecule has 0 radical (unpaired) electrons. The minimum atomic E-state index is -0.153. The van der Waals surface area contributed by atoms with Crippen LogP contribution in [0.15, 0.2) is 47.4 Å². The molecule has 0 spiro atoms. The molecule has 2 aromatic carbocycles. The zero-order valence-electron chi connectivity index (χ0n) is 14.5. The summed E-state index contributed by atoms with van der Waals surface area (Å²) >= 11 is 6.66. The number of thioether (sulfide) groups is 1. The fourth-order valence-corrected chi connectivity index (χ4v) is 3.81. The molecule has 0 saturated carbocycles. The minimum absolute atomic E-state index is 0.153. The Bertz CT molecular complexity index is 878. The molecule has 5 nitrogen and oxygen atoms in total. The fourth-order valence-electron chi connectivity index (χ4n) is 2.52. The maximum absolute atomic E-state index is 12.8. The van der Waals surface area contributed by atoms with Crippen LogP contribution < -0.4 is 19.1 Å². The van der Waals surface area contributed by atoms with Gasteiger partial charge in [0.2, 0.25) is 0 Å². The van der Waals surface area contributed by atoms with E-state index in [0.29, 0.717) is 26.4 Å². The van der Waals surface area contributed by atoms with E-state index >= 15 is 0 Å². The zero-order valence-corrected chi connectivity index (χ0v) is 16.1. The summed E-state index contributed by atoms with van der Waals surface area (Å²) in [5.74, 6) is 1.81. The number of hydrogen-bond acceptors (Lipinski definition) is 6. The van der Waals surface area contributed by atoms with Crippen LogP contribution in [0.1, 0.15) is 5.56 Å². The molecule has 2 aromatic rings. The summed E-state index contributed by atoms with van der Waals surface area (Å²) in [5.41, 5.74) is 1.54. The number of anilines is 1. The topological polar surface area (TPSA) is 48.0 Å². The van der Waals surface area contributed by atoms with Gasteiger partial charge in [-0.3, -0.25) is 9.69 Å². The van der Waals surface area contributed by atoms with E-state index in [4.69, 9.17) is 26.4 Å². The Morgan fingerprint density at radius 1 is 0.962 bits per heavy atom. The lowest BCUT2D eigenvalue weighted by molar-refractivity contribution is -0.113. The molecule has 1 aliphatic rings. The van der Waals surface area contributed by atoms with Crippen molar-refractivity contribution in [2.24, 2.45) is 0 Å². The number of methoxy groups -OCH3 is 3. The van der Waals surface area contributed by atoms with Crippen LogP contribution in [0.3, 0.4) is 0 Å². The summed E-state index contributed by atoms with van der Waals surface area (Å²) in [4.78, 5) is 14.9. The number of carbonyl (C=O) groups is 1. The van der Waals surface area contributed by atoms with Gasteiger partial charge in [0.15, 0.2) is 15.8 Å². The van der Waals surface area contributed by atoms with E-state index in [1.165, 1.54) is 16.7 Å². The van der Waals surface area contributed by atoms with Crippen molar-refractivity contribution in [2.75, 3.05) is 26.2 Å². The summed E-state index contributed by atoms with van der Waals surface area (Å²) in [6.45, 7) is 0.